The Morgan fingerprint density at radius 1 is 1.37 bits per heavy atom. The summed E-state index contributed by atoms with van der Waals surface area (Å²) in [6.07, 6.45) is 5.57. The minimum absolute atomic E-state index is 0.0839. The van der Waals surface area contributed by atoms with E-state index in [-0.39, 0.29) is 12.0 Å². The van der Waals surface area contributed by atoms with E-state index in [2.05, 4.69) is 25.3 Å². The van der Waals surface area contributed by atoms with Crippen LogP contribution >= 0.6 is 0 Å². The molecule has 1 saturated heterocycles. The Hall–Kier alpha value is -2.84. The van der Waals surface area contributed by atoms with Gasteiger partial charge in [0.05, 0.1) is 36.7 Å². The van der Waals surface area contributed by atoms with Gasteiger partial charge in [0, 0.05) is 49.5 Å². The number of anilines is 1. The molecule has 8 nitrogen and oxygen atoms in total. The lowest BCUT2D eigenvalue weighted by Crippen LogP contribution is -2.44. The smallest absolute Gasteiger partial charge is 0.239 e. The van der Waals surface area contributed by atoms with Crippen molar-refractivity contribution in [2.75, 3.05) is 31.6 Å². The Kier molecular flexibility index (Phi) is 4.83. The van der Waals surface area contributed by atoms with Gasteiger partial charge in [0.2, 0.25) is 5.91 Å². The number of morpholine rings is 1. The lowest BCUT2D eigenvalue weighted by molar-refractivity contribution is -0.119. The van der Waals surface area contributed by atoms with E-state index in [1.54, 1.807) is 23.1 Å². The molecule has 0 saturated carbocycles. The average Bonchev–Trinajstić information content (AvgIpc) is 3.07. The van der Waals surface area contributed by atoms with Crippen molar-refractivity contribution in [3.63, 3.8) is 0 Å². The lowest BCUT2D eigenvalue weighted by Gasteiger charge is -2.30. The van der Waals surface area contributed by atoms with Crippen LogP contribution < -0.4 is 5.32 Å². The number of aryl methyl sites for hydroxylation is 1. The second-order valence-electron chi connectivity index (χ2n) is 6.83. The average molecular weight is 366 g/mol. The molecule has 1 fully saturated rings. The van der Waals surface area contributed by atoms with E-state index in [0.29, 0.717) is 19.0 Å². The highest BCUT2D eigenvalue weighted by molar-refractivity contribution is 5.93. The fourth-order valence-electron chi connectivity index (χ4n) is 3.22. The van der Waals surface area contributed by atoms with E-state index in [4.69, 9.17) is 4.74 Å². The summed E-state index contributed by atoms with van der Waals surface area (Å²) in [5.41, 5.74) is 2.56. The van der Waals surface area contributed by atoms with Crippen LogP contribution in [0.25, 0.3) is 22.2 Å². The van der Waals surface area contributed by atoms with E-state index in [1.165, 1.54) is 0 Å². The molecular weight excluding hydrogens is 344 g/mol. The van der Waals surface area contributed by atoms with E-state index in [9.17, 15) is 4.79 Å². The zero-order valence-electron chi connectivity index (χ0n) is 15.4. The third-order valence-corrected chi connectivity index (χ3v) is 4.53. The van der Waals surface area contributed by atoms with Gasteiger partial charge in [-0.15, -0.1) is 0 Å². The van der Waals surface area contributed by atoms with E-state index in [0.717, 1.165) is 35.2 Å². The number of hydrogen-bond acceptors (Lipinski definition) is 6. The summed E-state index contributed by atoms with van der Waals surface area (Å²) in [7, 11) is 1.87. The van der Waals surface area contributed by atoms with Gasteiger partial charge in [0.1, 0.15) is 5.82 Å². The molecule has 27 heavy (non-hydrogen) atoms. The number of ether oxygens (including phenoxy) is 1. The van der Waals surface area contributed by atoms with Gasteiger partial charge < -0.3 is 10.1 Å². The van der Waals surface area contributed by atoms with Crippen molar-refractivity contribution in [3.05, 3.63) is 36.8 Å². The second-order valence-corrected chi connectivity index (χ2v) is 6.83. The van der Waals surface area contributed by atoms with Crippen LogP contribution in [-0.4, -0.2) is 62.9 Å². The Morgan fingerprint density at radius 2 is 2.26 bits per heavy atom. The van der Waals surface area contributed by atoms with Gasteiger partial charge in [-0.3, -0.25) is 14.4 Å². The van der Waals surface area contributed by atoms with Gasteiger partial charge in [0.15, 0.2) is 0 Å². The number of nitrogens with one attached hydrogen (secondary N) is 1. The minimum atomic E-state index is -0.0839. The number of aromatic nitrogens is 4. The number of hydrogen-bond donors (Lipinski definition) is 1. The van der Waals surface area contributed by atoms with Crippen LogP contribution in [0.5, 0.6) is 0 Å². The van der Waals surface area contributed by atoms with Gasteiger partial charge in [-0.05, 0) is 19.1 Å². The largest absolute Gasteiger partial charge is 0.376 e. The molecule has 3 aromatic rings. The molecule has 0 bridgehead atoms. The molecule has 1 aliphatic heterocycles. The molecule has 0 radical (unpaired) electrons. The predicted octanol–water partition coefficient (Wildman–Crippen LogP) is 1.69. The van der Waals surface area contributed by atoms with E-state index in [1.807, 2.05) is 32.3 Å². The molecule has 140 valence electrons. The van der Waals surface area contributed by atoms with Crippen molar-refractivity contribution in [3.8, 4) is 11.3 Å². The Morgan fingerprint density at radius 3 is 3.04 bits per heavy atom. The highest BCUT2D eigenvalue weighted by atomic mass is 16.5. The minimum Gasteiger partial charge on any atom is -0.376 e. The molecule has 3 aromatic heterocycles. The standard InChI is InChI=1S/C19H22N6O2/c1-13-10-25(5-6-27-13)12-19(26)23-18-7-17-14(8-20-18)3-4-16(22-17)15-9-21-24(2)11-15/h3-4,7-9,11,13H,5-6,10,12H2,1-2H3,(H,20,23,26). The van der Waals surface area contributed by atoms with Gasteiger partial charge >= 0.3 is 0 Å². The maximum atomic E-state index is 12.3. The predicted molar refractivity (Wildman–Crippen MR) is 102 cm³/mol. The van der Waals surface area contributed by atoms with Crippen LogP contribution in [0.1, 0.15) is 6.92 Å². The van der Waals surface area contributed by atoms with Crippen LogP contribution in [0.4, 0.5) is 5.82 Å². The van der Waals surface area contributed by atoms with Crippen molar-refractivity contribution < 1.29 is 9.53 Å². The first kappa shape index (κ1) is 17.6. The Bertz CT molecular complexity index is 970. The molecule has 4 heterocycles. The fourth-order valence-corrected chi connectivity index (χ4v) is 3.22. The third kappa shape index (κ3) is 4.12. The van der Waals surface area contributed by atoms with Crippen molar-refractivity contribution in [2.45, 2.75) is 13.0 Å². The molecule has 1 aliphatic rings. The van der Waals surface area contributed by atoms with E-state index < -0.39 is 0 Å². The molecule has 0 aromatic carbocycles. The first-order chi connectivity index (χ1) is 13.1. The van der Waals surface area contributed by atoms with E-state index >= 15 is 0 Å². The summed E-state index contributed by atoms with van der Waals surface area (Å²) in [5.74, 6) is 0.420. The number of carbonyl (C=O) groups is 1. The normalized spacial score (nSPS) is 17.9. The van der Waals surface area contributed by atoms with Crippen LogP contribution in [0.3, 0.4) is 0 Å². The number of rotatable bonds is 4. The first-order valence-electron chi connectivity index (χ1n) is 8.96. The van der Waals surface area contributed by atoms with Crippen molar-refractivity contribution >= 4 is 22.6 Å². The fraction of sp³-hybridized carbons (Fsp3) is 0.368. The lowest BCUT2D eigenvalue weighted by atomic mass is 10.2. The molecule has 8 heteroatoms. The summed E-state index contributed by atoms with van der Waals surface area (Å²) >= 11 is 0. The molecular formula is C19H22N6O2. The molecule has 1 amide bonds. The molecule has 1 N–H and O–H groups in total. The summed E-state index contributed by atoms with van der Waals surface area (Å²) in [5, 5.41) is 7.97. The topological polar surface area (TPSA) is 85.2 Å². The van der Waals surface area contributed by atoms with Crippen molar-refractivity contribution in [1.29, 1.82) is 0 Å². The number of fused-ring (bicyclic) bond motifs is 1. The SMILES string of the molecule is CC1CN(CC(=O)Nc2cc3nc(-c4cnn(C)c4)ccc3cn2)CCO1. The molecule has 0 spiro atoms. The number of carbonyl (C=O) groups excluding carboxylic acids is 1. The summed E-state index contributed by atoms with van der Waals surface area (Å²) < 4.78 is 7.25. The maximum Gasteiger partial charge on any atom is 0.239 e. The second kappa shape index (κ2) is 7.42. The maximum absolute atomic E-state index is 12.3. The monoisotopic (exact) mass is 366 g/mol. The first-order valence-corrected chi connectivity index (χ1v) is 8.96. The van der Waals surface area contributed by atoms with Crippen LogP contribution in [0, 0.1) is 0 Å². The molecule has 1 unspecified atom stereocenters. The highest BCUT2D eigenvalue weighted by Crippen LogP contribution is 2.21. The van der Waals surface area contributed by atoms with Crippen LogP contribution in [-0.2, 0) is 16.6 Å². The summed E-state index contributed by atoms with van der Waals surface area (Å²) in [6, 6.07) is 5.71. The highest BCUT2D eigenvalue weighted by Gasteiger charge is 2.19. The number of pyridine rings is 2. The van der Waals surface area contributed by atoms with Gasteiger partial charge in [0.25, 0.3) is 0 Å². The molecule has 4 rings (SSSR count). The summed E-state index contributed by atoms with van der Waals surface area (Å²) in [4.78, 5) is 23.4. The Labute approximate surface area is 157 Å². The number of amides is 1. The van der Waals surface area contributed by atoms with Crippen LogP contribution in [0.15, 0.2) is 36.8 Å². The molecule has 0 aliphatic carbocycles. The van der Waals surface area contributed by atoms with Crippen LogP contribution in [0.2, 0.25) is 0 Å². The van der Waals surface area contributed by atoms with Gasteiger partial charge in [-0.2, -0.15) is 5.10 Å². The zero-order chi connectivity index (χ0) is 18.8. The summed E-state index contributed by atoms with van der Waals surface area (Å²) in [6.45, 7) is 4.52. The van der Waals surface area contributed by atoms with Gasteiger partial charge in [-0.1, -0.05) is 0 Å². The molecule has 1 atom stereocenters. The quantitative estimate of drug-likeness (QED) is 0.756. The number of nitrogens with zero attached hydrogens (tertiary/aromatic N) is 5. The van der Waals surface area contributed by atoms with Crippen molar-refractivity contribution in [1.82, 2.24) is 24.6 Å². The van der Waals surface area contributed by atoms with Gasteiger partial charge in [-0.25, -0.2) is 9.97 Å². The zero-order valence-corrected chi connectivity index (χ0v) is 15.4. The van der Waals surface area contributed by atoms with Crippen molar-refractivity contribution in [2.24, 2.45) is 7.05 Å². The third-order valence-electron chi connectivity index (χ3n) is 4.53. The Balaban J connectivity index is 1.49.